The van der Waals surface area contributed by atoms with Gasteiger partial charge in [-0.3, -0.25) is 4.90 Å². The molecule has 5 heteroatoms. The summed E-state index contributed by atoms with van der Waals surface area (Å²) < 4.78 is 10.9. The minimum absolute atomic E-state index is 0.147. The van der Waals surface area contributed by atoms with Crippen LogP contribution < -0.4 is 5.73 Å². The Hall–Kier alpha value is -0.460. The van der Waals surface area contributed by atoms with E-state index >= 15 is 0 Å². The Labute approximate surface area is 106 Å². The quantitative estimate of drug-likeness (QED) is 0.857. The van der Waals surface area contributed by atoms with Crippen LogP contribution in [0.4, 0.5) is 0 Å². The lowest BCUT2D eigenvalue weighted by atomic mass is 10.2. The van der Waals surface area contributed by atoms with Gasteiger partial charge >= 0.3 is 0 Å². The SMILES string of the molecule is COC1CN(C(CN)c2cccs2)CC1OC. The smallest absolute Gasteiger partial charge is 0.0972 e. The van der Waals surface area contributed by atoms with Gasteiger partial charge in [0.25, 0.3) is 0 Å². The summed E-state index contributed by atoms with van der Waals surface area (Å²) in [7, 11) is 3.48. The highest BCUT2D eigenvalue weighted by Crippen LogP contribution is 2.29. The lowest BCUT2D eigenvalue weighted by Gasteiger charge is -2.25. The van der Waals surface area contributed by atoms with Crippen LogP contribution in [0.15, 0.2) is 17.5 Å². The Kier molecular flexibility index (Phi) is 4.53. The lowest BCUT2D eigenvalue weighted by Crippen LogP contribution is -2.32. The summed E-state index contributed by atoms with van der Waals surface area (Å²) in [6, 6.07) is 4.50. The van der Waals surface area contributed by atoms with Gasteiger partial charge in [0.15, 0.2) is 0 Å². The third-order valence-electron chi connectivity index (χ3n) is 3.38. The molecule has 1 aromatic rings. The van der Waals surface area contributed by atoms with Gasteiger partial charge in [0.2, 0.25) is 0 Å². The Morgan fingerprint density at radius 1 is 1.41 bits per heavy atom. The molecule has 1 aliphatic heterocycles. The summed E-state index contributed by atoms with van der Waals surface area (Å²) in [5.41, 5.74) is 5.90. The van der Waals surface area contributed by atoms with E-state index in [4.69, 9.17) is 15.2 Å². The minimum Gasteiger partial charge on any atom is -0.377 e. The number of hydrogen-bond donors (Lipinski definition) is 1. The Morgan fingerprint density at radius 2 is 2.06 bits per heavy atom. The van der Waals surface area contributed by atoms with Crippen LogP contribution in [-0.2, 0) is 9.47 Å². The van der Waals surface area contributed by atoms with Gasteiger partial charge in [0.05, 0.1) is 18.2 Å². The number of methoxy groups -OCH3 is 2. The molecule has 0 spiro atoms. The highest BCUT2D eigenvalue weighted by Gasteiger charge is 2.36. The zero-order valence-corrected chi connectivity index (χ0v) is 11.2. The maximum Gasteiger partial charge on any atom is 0.0972 e. The molecule has 0 amide bonds. The van der Waals surface area contributed by atoms with Crippen molar-refractivity contribution in [2.45, 2.75) is 18.2 Å². The van der Waals surface area contributed by atoms with E-state index in [9.17, 15) is 0 Å². The largest absolute Gasteiger partial charge is 0.377 e. The first-order valence-electron chi connectivity index (χ1n) is 5.83. The first-order chi connectivity index (χ1) is 8.30. The normalized spacial score (nSPS) is 27.5. The van der Waals surface area contributed by atoms with E-state index in [0.29, 0.717) is 6.54 Å². The zero-order chi connectivity index (χ0) is 12.3. The molecule has 0 bridgehead atoms. The fraction of sp³-hybridized carbons (Fsp3) is 0.667. The van der Waals surface area contributed by atoms with Crippen molar-refractivity contribution in [3.63, 3.8) is 0 Å². The molecule has 1 aromatic heterocycles. The van der Waals surface area contributed by atoms with Gasteiger partial charge < -0.3 is 15.2 Å². The van der Waals surface area contributed by atoms with Crippen molar-refractivity contribution in [1.82, 2.24) is 4.90 Å². The van der Waals surface area contributed by atoms with Crippen LogP contribution in [0.2, 0.25) is 0 Å². The molecular weight excluding hydrogens is 236 g/mol. The molecule has 1 saturated heterocycles. The predicted molar refractivity (Wildman–Crippen MR) is 69.3 cm³/mol. The summed E-state index contributed by atoms with van der Waals surface area (Å²) in [6.45, 7) is 2.40. The lowest BCUT2D eigenvalue weighted by molar-refractivity contribution is -0.00461. The molecular formula is C12H20N2O2S. The van der Waals surface area contributed by atoms with Crippen LogP contribution in [0.5, 0.6) is 0 Å². The second-order valence-corrected chi connectivity index (χ2v) is 5.25. The molecule has 3 unspecified atom stereocenters. The molecule has 0 radical (unpaired) electrons. The van der Waals surface area contributed by atoms with Crippen LogP contribution in [-0.4, -0.2) is 51.0 Å². The highest BCUT2D eigenvalue weighted by molar-refractivity contribution is 7.10. The standard InChI is InChI=1S/C12H20N2O2S/c1-15-10-7-14(8-11(10)16-2)9(6-13)12-4-3-5-17-12/h3-5,9-11H,6-8,13H2,1-2H3. The molecule has 3 atom stereocenters. The van der Waals surface area contributed by atoms with Crippen LogP contribution in [0.25, 0.3) is 0 Å². The van der Waals surface area contributed by atoms with Gasteiger partial charge in [-0.15, -0.1) is 11.3 Å². The molecule has 1 aliphatic rings. The molecule has 17 heavy (non-hydrogen) atoms. The van der Waals surface area contributed by atoms with Gasteiger partial charge in [0, 0.05) is 38.7 Å². The van der Waals surface area contributed by atoms with Crippen molar-refractivity contribution in [2.75, 3.05) is 33.9 Å². The fourth-order valence-corrected chi connectivity index (χ4v) is 3.28. The highest BCUT2D eigenvalue weighted by atomic mass is 32.1. The number of nitrogens with two attached hydrogens (primary N) is 1. The van der Waals surface area contributed by atoms with Gasteiger partial charge in [-0.1, -0.05) is 6.07 Å². The van der Waals surface area contributed by atoms with Crippen molar-refractivity contribution in [3.8, 4) is 0 Å². The van der Waals surface area contributed by atoms with Crippen LogP contribution in [0.3, 0.4) is 0 Å². The van der Waals surface area contributed by atoms with Gasteiger partial charge in [0.1, 0.15) is 0 Å². The number of ether oxygens (including phenoxy) is 2. The third-order valence-corrected chi connectivity index (χ3v) is 4.36. The van der Waals surface area contributed by atoms with Crippen molar-refractivity contribution < 1.29 is 9.47 Å². The summed E-state index contributed by atoms with van der Waals surface area (Å²) in [5.74, 6) is 0. The Morgan fingerprint density at radius 3 is 2.47 bits per heavy atom. The summed E-state index contributed by atoms with van der Waals surface area (Å²) in [5, 5.41) is 2.09. The molecule has 0 aromatic carbocycles. The molecule has 0 saturated carbocycles. The molecule has 96 valence electrons. The first kappa shape index (κ1) is 13.0. The summed E-state index contributed by atoms with van der Waals surface area (Å²) >= 11 is 1.76. The molecule has 1 fully saturated rings. The van der Waals surface area contributed by atoms with E-state index in [1.54, 1.807) is 25.6 Å². The monoisotopic (exact) mass is 256 g/mol. The van der Waals surface area contributed by atoms with Crippen LogP contribution in [0, 0.1) is 0 Å². The van der Waals surface area contributed by atoms with E-state index in [1.165, 1.54) is 4.88 Å². The second kappa shape index (κ2) is 5.93. The number of rotatable bonds is 5. The van der Waals surface area contributed by atoms with Crippen molar-refractivity contribution >= 4 is 11.3 Å². The first-order valence-corrected chi connectivity index (χ1v) is 6.71. The van der Waals surface area contributed by atoms with Crippen LogP contribution in [0.1, 0.15) is 10.9 Å². The van der Waals surface area contributed by atoms with Crippen molar-refractivity contribution in [3.05, 3.63) is 22.4 Å². The number of likely N-dealkylation sites (tertiary alicyclic amines) is 1. The van der Waals surface area contributed by atoms with E-state index < -0.39 is 0 Å². The Bertz CT molecular complexity index is 319. The Balaban J connectivity index is 2.07. The second-order valence-electron chi connectivity index (χ2n) is 4.27. The van der Waals surface area contributed by atoms with Gasteiger partial charge in [-0.25, -0.2) is 0 Å². The molecule has 2 N–H and O–H groups in total. The average molecular weight is 256 g/mol. The maximum atomic E-state index is 5.90. The van der Waals surface area contributed by atoms with Gasteiger partial charge in [-0.2, -0.15) is 0 Å². The van der Waals surface area contributed by atoms with Gasteiger partial charge in [-0.05, 0) is 11.4 Å². The minimum atomic E-state index is 0.147. The van der Waals surface area contributed by atoms with E-state index in [2.05, 4.69) is 22.4 Å². The molecule has 4 nitrogen and oxygen atoms in total. The summed E-state index contributed by atoms with van der Waals surface area (Å²) in [4.78, 5) is 3.67. The maximum absolute atomic E-state index is 5.90. The molecule has 2 rings (SSSR count). The van der Waals surface area contributed by atoms with Crippen LogP contribution >= 0.6 is 11.3 Å². The number of thiophene rings is 1. The van der Waals surface area contributed by atoms with E-state index in [-0.39, 0.29) is 18.2 Å². The predicted octanol–water partition coefficient (Wildman–Crippen LogP) is 1.09. The average Bonchev–Trinajstić information content (AvgIpc) is 2.99. The van der Waals surface area contributed by atoms with Crippen molar-refractivity contribution in [1.29, 1.82) is 0 Å². The summed E-state index contributed by atoms with van der Waals surface area (Å²) in [6.07, 6.45) is 0.294. The molecule has 2 heterocycles. The number of nitrogens with zero attached hydrogens (tertiary/aromatic N) is 1. The molecule has 0 aliphatic carbocycles. The zero-order valence-electron chi connectivity index (χ0n) is 10.3. The third kappa shape index (κ3) is 2.69. The number of hydrogen-bond acceptors (Lipinski definition) is 5. The van der Waals surface area contributed by atoms with Crippen molar-refractivity contribution in [2.24, 2.45) is 5.73 Å². The van der Waals surface area contributed by atoms with E-state index in [0.717, 1.165) is 13.1 Å². The van der Waals surface area contributed by atoms with E-state index in [1.807, 2.05) is 0 Å². The topological polar surface area (TPSA) is 47.7 Å². The fourth-order valence-electron chi connectivity index (χ4n) is 2.41.